The molecular formula is C11H16O. The summed E-state index contributed by atoms with van der Waals surface area (Å²) < 4.78 is 0. The lowest BCUT2D eigenvalue weighted by Crippen LogP contribution is -2.39. The van der Waals surface area contributed by atoms with Gasteiger partial charge in [-0.1, -0.05) is 23.8 Å². The molecule has 0 saturated heterocycles. The monoisotopic (exact) mass is 164 g/mol. The summed E-state index contributed by atoms with van der Waals surface area (Å²) in [6.07, 6.45) is 10.8. The average molecular weight is 164 g/mol. The van der Waals surface area contributed by atoms with Crippen molar-refractivity contribution in [2.45, 2.75) is 38.2 Å². The van der Waals surface area contributed by atoms with Crippen molar-refractivity contribution >= 4 is 0 Å². The second-order valence-corrected chi connectivity index (χ2v) is 4.17. The molecule has 2 aliphatic rings. The Bertz CT molecular complexity index is 235. The molecule has 0 aromatic rings. The second-order valence-electron chi connectivity index (χ2n) is 4.17. The predicted octanol–water partition coefficient (Wildman–Crippen LogP) is 2.42. The van der Waals surface area contributed by atoms with Crippen LogP contribution in [0.2, 0.25) is 0 Å². The molecule has 12 heavy (non-hydrogen) atoms. The summed E-state index contributed by atoms with van der Waals surface area (Å²) in [5.74, 6) is 0.399. The van der Waals surface area contributed by atoms with Crippen LogP contribution in [0.15, 0.2) is 23.8 Å². The predicted molar refractivity (Wildman–Crippen MR) is 49.8 cm³/mol. The Morgan fingerprint density at radius 2 is 2.42 bits per heavy atom. The Labute approximate surface area is 73.8 Å². The fourth-order valence-corrected chi connectivity index (χ4v) is 2.41. The summed E-state index contributed by atoms with van der Waals surface area (Å²) in [6.45, 7) is 1.98. The summed E-state index contributed by atoms with van der Waals surface area (Å²) in [6, 6.07) is 0. The van der Waals surface area contributed by atoms with Gasteiger partial charge in [0.1, 0.15) is 0 Å². The lowest BCUT2D eigenvalue weighted by atomic mass is 9.70. The van der Waals surface area contributed by atoms with E-state index >= 15 is 0 Å². The Balaban J connectivity index is 2.26. The molecule has 0 bridgehead atoms. The summed E-state index contributed by atoms with van der Waals surface area (Å²) >= 11 is 0. The van der Waals surface area contributed by atoms with Crippen LogP contribution < -0.4 is 0 Å². The van der Waals surface area contributed by atoms with E-state index in [4.69, 9.17) is 0 Å². The summed E-state index contributed by atoms with van der Waals surface area (Å²) in [5, 5.41) is 10.1. The first-order valence-corrected chi connectivity index (χ1v) is 4.78. The van der Waals surface area contributed by atoms with Gasteiger partial charge in [-0.3, -0.25) is 0 Å². The highest BCUT2D eigenvalue weighted by Gasteiger charge is 2.36. The number of hydrogen-bond donors (Lipinski definition) is 1. The van der Waals surface area contributed by atoms with Gasteiger partial charge in [0, 0.05) is 5.92 Å². The van der Waals surface area contributed by atoms with Crippen molar-refractivity contribution in [1.29, 1.82) is 0 Å². The molecule has 2 rings (SSSR count). The van der Waals surface area contributed by atoms with Crippen LogP contribution in [0, 0.1) is 5.92 Å². The number of rotatable bonds is 0. The molecule has 1 heteroatoms. The molecule has 0 aromatic carbocycles. The Morgan fingerprint density at radius 1 is 1.58 bits per heavy atom. The van der Waals surface area contributed by atoms with Gasteiger partial charge in [0.05, 0.1) is 5.60 Å². The van der Waals surface area contributed by atoms with Gasteiger partial charge in [-0.25, -0.2) is 0 Å². The number of fused-ring (bicyclic) bond motifs is 1. The minimum atomic E-state index is -0.450. The van der Waals surface area contributed by atoms with Crippen molar-refractivity contribution in [3.05, 3.63) is 23.8 Å². The highest BCUT2D eigenvalue weighted by Crippen LogP contribution is 2.40. The van der Waals surface area contributed by atoms with Crippen molar-refractivity contribution in [3.8, 4) is 0 Å². The molecule has 0 spiro atoms. The normalized spacial score (nSPS) is 40.5. The Hall–Kier alpha value is -0.560. The topological polar surface area (TPSA) is 20.2 Å². The first kappa shape index (κ1) is 8.06. The van der Waals surface area contributed by atoms with E-state index in [1.165, 1.54) is 12.0 Å². The maximum atomic E-state index is 10.1. The van der Waals surface area contributed by atoms with Crippen LogP contribution in [0.25, 0.3) is 0 Å². The van der Waals surface area contributed by atoms with Gasteiger partial charge in [0.25, 0.3) is 0 Å². The standard InChI is InChI=1S/C11H16O/c1-11(12)8-4-6-9-5-2-3-7-10(9)11/h2-3,5,10,12H,4,6-8H2,1H3/t10-,11-/m0/s1. The number of hydrogen-bond acceptors (Lipinski definition) is 1. The molecule has 1 saturated carbocycles. The largest absolute Gasteiger partial charge is 0.390 e. The number of aliphatic hydroxyl groups is 1. The highest BCUT2D eigenvalue weighted by molar-refractivity contribution is 5.25. The molecule has 0 amide bonds. The first-order chi connectivity index (χ1) is 5.70. The minimum absolute atomic E-state index is 0.399. The van der Waals surface area contributed by atoms with E-state index in [1.54, 1.807) is 0 Å². The SMILES string of the molecule is C[C@]1(O)CCCC2=CC=CC[C@@H]21. The second kappa shape index (κ2) is 2.74. The summed E-state index contributed by atoms with van der Waals surface area (Å²) in [5.41, 5.74) is 1.00. The van der Waals surface area contributed by atoms with Gasteiger partial charge in [-0.05, 0) is 32.6 Å². The fourth-order valence-electron chi connectivity index (χ4n) is 2.41. The van der Waals surface area contributed by atoms with Gasteiger partial charge in [0.2, 0.25) is 0 Å². The van der Waals surface area contributed by atoms with Crippen LogP contribution in [-0.4, -0.2) is 10.7 Å². The zero-order valence-corrected chi connectivity index (χ0v) is 7.59. The van der Waals surface area contributed by atoms with Crippen molar-refractivity contribution in [3.63, 3.8) is 0 Å². The minimum Gasteiger partial charge on any atom is -0.390 e. The van der Waals surface area contributed by atoms with Gasteiger partial charge in [-0.2, -0.15) is 0 Å². The molecule has 0 unspecified atom stereocenters. The van der Waals surface area contributed by atoms with E-state index < -0.39 is 5.60 Å². The van der Waals surface area contributed by atoms with Crippen molar-refractivity contribution < 1.29 is 5.11 Å². The smallest absolute Gasteiger partial charge is 0.0687 e. The van der Waals surface area contributed by atoms with Crippen molar-refractivity contribution in [2.24, 2.45) is 5.92 Å². The van der Waals surface area contributed by atoms with E-state index in [2.05, 4.69) is 18.2 Å². The van der Waals surface area contributed by atoms with E-state index in [9.17, 15) is 5.11 Å². The van der Waals surface area contributed by atoms with Gasteiger partial charge < -0.3 is 5.11 Å². The molecule has 0 aliphatic heterocycles. The molecule has 1 N–H and O–H groups in total. The molecule has 0 aromatic heterocycles. The first-order valence-electron chi connectivity index (χ1n) is 4.78. The highest BCUT2D eigenvalue weighted by atomic mass is 16.3. The van der Waals surface area contributed by atoms with E-state index in [-0.39, 0.29) is 0 Å². The lowest BCUT2D eigenvalue weighted by Gasteiger charge is -2.39. The van der Waals surface area contributed by atoms with E-state index in [0.717, 1.165) is 19.3 Å². The van der Waals surface area contributed by atoms with E-state index in [0.29, 0.717) is 5.92 Å². The van der Waals surface area contributed by atoms with Crippen LogP contribution in [0.4, 0.5) is 0 Å². The van der Waals surface area contributed by atoms with Crippen molar-refractivity contribution in [2.75, 3.05) is 0 Å². The van der Waals surface area contributed by atoms with Gasteiger partial charge in [-0.15, -0.1) is 0 Å². The average Bonchev–Trinajstić information content (AvgIpc) is 2.04. The molecule has 0 radical (unpaired) electrons. The third-order valence-corrected chi connectivity index (χ3v) is 3.16. The Kier molecular flexibility index (Phi) is 1.84. The number of allylic oxidation sites excluding steroid dienone is 3. The summed E-state index contributed by atoms with van der Waals surface area (Å²) in [7, 11) is 0. The summed E-state index contributed by atoms with van der Waals surface area (Å²) in [4.78, 5) is 0. The van der Waals surface area contributed by atoms with Gasteiger partial charge in [0.15, 0.2) is 0 Å². The third-order valence-electron chi connectivity index (χ3n) is 3.16. The molecule has 2 atom stereocenters. The lowest BCUT2D eigenvalue weighted by molar-refractivity contribution is -0.00837. The molecule has 1 fully saturated rings. The quantitative estimate of drug-likeness (QED) is 0.583. The van der Waals surface area contributed by atoms with Crippen LogP contribution >= 0.6 is 0 Å². The maximum absolute atomic E-state index is 10.1. The molecule has 66 valence electrons. The zero-order valence-electron chi connectivity index (χ0n) is 7.59. The van der Waals surface area contributed by atoms with E-state index in [1.807, 2.05) is 6.92 Å². The molecule has 2 aliphatic carbocycles. The molecular weight excluding hydrogens is 148 g/mol. The van der Waals surface area contributed by atoms with Crippen LogP contribution in [0.1, 0.15) is 32.6 Å². The van der Waals surface area contributed by atoms with Gasteiger partial charge >= 0.3 is 0 Å². The maximum Gasteiger partial charge on any atom is 0.0687 e. The fraction of sp³-hybridized carbons (Fsp3) is 0.636. The third kappa shape index (κ3) is 1.22. The van der Waals surface area contributed by atoms with Crippen molar-refractivity contribution in [1.82, 2.24) is 0 Å². The molecule has 0 heterocycles. The van der Waals surface area contributed by atoms with Crippen LogP contribution in [0.5, 0.6) is 0 Å². The zero-order chi connectivity index (χ0) is 8.60. The van der Waals surface area contributed by atoms with Crippen LogP contribution in [-0.2, 0) is 0 Å². The molecule has 1 nitrogen and oxygen atoms in total. The Morgan fingerprint density at radius 3 is 3.17 bits per heavy atom. The van der Waals surface area contributed by atoms with Crippen LogP contribution in [0.3, 0.4) is 0 Å².